The van der Waals surface area contributed by atoms with Crippen LogP contribution >= 0.6 is 0 Å². The van der Waals surface area contributed by atoms with Gasteiger partial charge in [0.2, 0.25) is 26.6 Å². The largest absolute Gasteiger partial charge is 0.496 e. The maximum atomic E-state index is 13.6. The van der Waals surface area contributed by atoms with Gasteiger partial charge in [-0.25, -0.2) is 8.42 Å². The number of hydrogen-bond donors (Lipinski definition) is 1. The minimum Gasteiger partial charge on any atom is -0.496 e. The normalized spacial score (nSPS) is 11.2. The van der Waals surface area contributed by atoms with Gasteiger partial charge in [-0.2, -0.15) is 4.98 Å². The molecule has 0 unspecified atom stereocenters. The number of sulfone groups is 1. The summed E-state index contributed by atoms with van der Waals surface area (Å²) in [5.41, 5.74) is 2.36. The summed E-state index contributed by atoms with van der Waals surface area (Å²) >= 11 is 0. The lowest BCUT2D eigenvalue weighted by atomic mass is 10.2. The number of benzene rings is 4. The maximum absolute atomic E-state index is 13.6. The van der Waals surface area contributed by atoms with Gasteiger partial charge in [0, 0.05) is 6.54 Å². The standard InChI is InChI=1S/C30H26N2O5S/c1-21-15-17-25(18-16-21)38(33,34)30-29(37-28(32-30)26-13-6-7-14-27(26)35-2)31-20-22-9-8-12-24(19-22)36-23-10-4-3-5-11-23/h3-19,31H,20H2,1-2H3. The fraction of sp³-hybridized carbons (Fsp3) is 0.100. The number of oxazole rings is 1. The SMILES string of the molecule is COc1ccccc1-c1nc(S(=O)(=O)c2ccc(C)cc2)c(NCc2cccc(Oc3ccccc3)c2)o1. The van der Waals surface area contributed by atoms with Gasteiger partial charge < -0.3 is 19.2 Å². The molecule has 38 heavy (non-hydrogen) atoms. The van der Waals surface area contributed by atoms with E-state index >= 15 is 0 Å². The molecule has 4 aromatic carbocycles. The molecule has 0 radical (unpaired) electrons. The van der Waals surface area contributed by atoms with E-state index in [1.807, 2.05) is 73.7 Å². The summed E-state index contributed by atoms with van der Waals surface area (Å²) in [6.45, 7) is 2.18. The second kappa shape index (κ2) is 10.8. The van der Waals surface area contributed by atoms with Gasteiger partial charge in [0.25, 0.3) is 0 Å². The van der Waals surface area contributed by atoms with Crippen molar-refractivity contribution in [1.29, 1.82) is 0 Å². The lowest BCUT2D eigenvalue weighted by Gasteiger charge is -2.09. The predicted molar refractivity (Wildman–Crippen MR) is 145 cm³/mol. The topological polar surface area (TPSA) is 90.7 Å². The van der Waals surface area contributed by atoms with Crippen molar-refractivity contribution in [2.24, 2.45) is 0 Å². The van der Waals surface area contributed by atoms with Gasteiger partial charge in [-0.3, -0.25) is 0 Å². The molecule has 8 heteroatoms. The Bertz CT molecular complexity index is 1650. The van der Waals surface area contributed by atoms with Gasteiger partial charge in [-0.15, -0.1) is 0 Å². The first kappa shape index (κ1) is 25.1. The fourth-order valence-corrected chi connectivity index (χ4v) is 5.17. The number of methoxy groups -OCH3 is 1. The van der Waals surface area contributed by atoms with E-state index < -0.39 is 9.84 Å². The molecule has 0 bridgehead atoms. The summed E-state index contributed by atoms with van der Waals surface area (Å²) in [6.07, 6.45) is 0. The number of hydrogen-bond acceptors (Lipinski definition) is 7. The van der Waals surface area contributed by atoms with Crippen molar-refractivity contribution in [2.45, 2.75) is 23.4 Å². The highest BCUT2D eigenvalue weighted by Gasteiger charge is 2.29. The van der Waals surface area contributed by atoms with E-state index in [0.29, 0.717) is 17.1 Å². The van der Waals surface area contributed by atoms with Crippen LogP contribution < -0.4 is 14.8 Å². The van der Waals surface area contributed by atoms with E-state index in [1.54, 1.807) is 36.4 Å². The van der Waals surface area contributed by atoms with Crippen LogP contribution in [0.4, 0.5) is 5.88 Å². The molecule has 0 spiro atoms. The third-order valence-corrected chi connectivity index (χ3v) is 7.53. The van der Waals surface area contributed by atoms with Crippen LogP contribution in [0.25, 0.3) is 11.5 Å². The molecule has 0 amide bonds. The lowest BCUT2D eigenvalue weighted by Crippen LogP contribution is -2.07. The summed E-state index contributed by atoms with van der Waals surface area (Å²) in [5, 5.41) is 2.94. The van der Waals surface area contributed by atoms with Crippen molar-refractivity contribution < 1.29 is 22.3 Å². The highest BCUT2D eigenvalue weighted by atomic mass is 32.2. The molecular formula is C30H26N2O5S. The van der Waals surface area contributed by atoms with E-state index in [4.69, 9.17) is 13.9 Å². The zero-order valence-electron chi connectivity index (χ0n) is 20.9. The van der Waals surface area contributed by atoms with E-state index in [0.717, 1.165) is 16.9 Å². The zero-order chi connectivity index (χ0) is 26.5. The quantitative estimate of drug-likeness (QED) is 0.223. The van der Waals surface area contributed by atoms with Crippen molar-refractivity contribution >= 4 is 15.7 Å². The molecule has 0 aliphatic rings. The van der Waals surface area contributed by atoms with Crippen LogP contribution in [0.3, 0.4) is 0 Å². The molecule has 0 aliphatic heterocycles. The van der Waals surface area contributed by atoms with E-state index in [1.165, 1.54) is 7.11 Å². The highest BCUT2D eigenvalue weighted by molar-refractivity contribution is 7.91. The molecule has 1 aromatic heterocycles. The zero-order valence-corrected chi connectivity index (χ0v) is 21.7. The third kappa shape index (κ3) is 5.40. The average molecular weight is 527 g/mol. The monoisotopic (exact) mass is 526 g/mol. The Morgan fingerprint density at radius 2 is 1.55 bits per heavy atom. The van der Waals surface area contributed by atoms with Crippen molar-refractivity contribution in [1.82, 2.24) is 4.98 Å². The molecule has 5 aromatic rings. The number of nitrogens with one attached hydrogen (secondary N) is 1. The number of nitrogens with zero attached hydrogens (tertiary/aromatic N) is 1. The van der Waals surface area contributed by atoms with Crippen LogP contribution in [-0.4, -0.2) is 20.5 Å². The third-order valence-electron chi connectivity index (χ3n) is 5.85. The van der Waals surface area contributed by atoms with Crippen molar-refractivity contribution in [3.8, 4) is 28.7 Å². The summed E-state index contributed by atoms with van der Waals surface area (Å²) < 4.78 is 44.6. The Morgan fingerprint density at radius 1 is 0.842 bits per heavy atom. The van der Waals surface area contributed by atoms with Gasteiger partial charge in [-0.1, -0.05) is 60.2 Å². The van der Waals surface area contributed by atoms with Crippen molar-refractivity contribution in [3.63, 3.8) is 0 Å². The van der Waals surface area contributed by atoms with Gasteiger partial charge in [0.05, 0.1) is 17.6 Å². The highest BCUT2D eigenvalue weighted by Crippen LogP contribution is 2.36. The van der Waals surface area contributed by atoms with Gasteiger partial charge in [0.15, 0.2) is 0 Å². The van der Waals surface area contributed by atoms with E-state index in [2.05, 4.69) is 10.3 Å². The lowest BCUT2D eigenvalue weighted by molar-refractivity contribution is 0.414. The number of aryl methyl sites for hydroxylation is 1. The van der Waals surface area contributed by atoms with Crippen LogP contribution in [0.2, 0.25) is 0 Å². The maximum Gasteiger partial charge on any atom is 0.234 e. The number of rotatable bonds is 9. The summed E-state index contributed by atoms with van der Waals surface area (Å²) in [7, 11) is -2.44. The first-order chi connectivity index (χ1) is 18.4. The van der Waals surface area contributed by atoms with Gasteiger partial charge in [-0.05, 0) is 61.0 Å². The second-order valence-electron chi connectivity index (χ2n) is 8.59. The molecule has 7 nitrogen and oxygen atoms in total. The van der Waals surface area contributed by atoms with Crippen LogP contribution in [0, 0.1) is 6.92 Å². The minimum absolute atomic E-state index is 0.0425. The molecule has 0 atom stereocenters. The van der Waals surface area contributed by atoms with Gasteiger partial charge in [0.1, 0.15) is 17.2 Å². The van der Waals surface area contributed by atoms with Crippen molar-refractivity contribution in [2.75, 3.05) is 12.4 Å². The van der Waals surface area contributed by atoms with Crippen molar-refractivity contribution in [3.05, 3.63) is 114 Å². The first-order valence-corrected chi connectivity index (χ1v) is 13.4. The Hall–Kier alpha value is -4.56. The Morgan fingerprint density at radius 3 is 2.32 bits per heavy atom. The second-order valence-corrected chi connectivity index (χ2v) is 10.5. The van der Waals surface area contributed by atoms with Crippen LogP contribution in [0.1, 0.15) is 11.1 Å². The number of aromatic nitrogens is 1. The first-order valence-electron chi connectivity index (χ1n) is 12.0. The van der Waals surface area contributed by atoms with Crippen LogP contribution in [0.5, 0.6) is 17.2 Å². The molecule has 0 saturated carbocycles. The minimum atomic E-state index is -3.98. The molecule has 0 saturated heterocycles. The van der Waals surface area contributed by atoms with Gasteiger partial charge >= 0.3 is 0 Å². The summed E-state index contributed by atoms with van der Waals surface area (Å²) in [5.74, 6) is 2.08. The molecule has 5 rings (SSSR count). The number of para-hydroxylation sites is 2. The summed E-state index contributed by atoms with van der Waals surface area (Å²) in [6, 6.07) is 30.8. The fourth-order valence-electron chi connectivity index (χ4n) is 3.89. The summed E-state index contributed by atoms with van der Waals surface area (Å²) in [4.78, 5) is 4.55. The average Bonchev–Trinajstić information content (AvgIpc) is 3.38. The molecule has 1 N–H and O–H groups in total. The molecular weight excluding hydrogens is 500 g/mol. The van der Waals surface area contributed by atoms with E-state index in [-0.39, 0.29) is 28.2 Å². The Kier molecular flexibility index (Phi) is 7.15. The Labute approximate surface area is 221 Å². The van der Waals surface area contributed by atoms with Crippen LogP contribution in [-0.2, 0) is 16.4 Å². The Balaban J connectivity index is 1.48. The molecule has 0 fully saturated rings. The number of ether oxygens (including phenoxy) is 2. The smallest absolute Gasteiger partial charge is 0.234 e. The predicted octanol–water partition coefficient (Wildman–Crippen LogP) is 6.90. The number of anilines is 1. The molecule has 0 aliphatic carbocycles. The molecule has 192 valence electrons. The van der Waals surface area contributed by atoms with E-state index in [9.17, 15) is 8.42 Å². The van der Waals surface area contributed by atoms with Crippen LogP contribution in [0.15, 0.2) is 117 Å². The molecule has 1 heterocycles.